The maximum atomic E-state index is 13.6. The summed E-state index contributed by atoms with van der Waals surface area (Å²) in [7, 11) is -1.79. The van der Waals surface area contributed by atoms with Gasteiger partial charge in [0.25, 0.3) is 0 Å². The van der Waals surface area contributed by atoms with Gasteiger partial charge in [-0.2, -0.15) is 0 Å². The third-order valence-corrected chi connectivity index (χ3v) is 7.51. The molecule has 0 aliphatic rings. The number of hydroxylamine groups is 2. The Morgan fingerprint density at radius 1 is 0.969 bits per heavy atom. The van der Waals surface area contributed by atoms with E-state index in [2.05, 4.69) is 0 Å². The fourth-order valence-electron chi connectivity index (χ4n) is 3.32. The minimum absolute atomic E-state index is 0.216. The van der Waals surface area contributed by atoms with E-state index in [1.54, 1.807) is 21.0 Å². The van der Waals surface area contributed by atoms with Crippen LogP contribution in [0.15, 0.2) is 54.6 Å². The smallest absolute Gasteiger partial charge is 0.334 e. The Kier molecular flexibility index (Phi) is 10.9. The third kappa shape index (κ3) is 8.06. The maximum Gasteiger partial charge on any atom is 0.334 e. The molecule has 0 fully saturated rings. The zero-order valence-corrected chi connectivity index (χ0v) is 20.3. The van der Waals surface area contributed by atoms with Crippen LogP contribution in [0, 0.1) is 0 Å². The Morgan fingerprint density at radius 3 is 2.12 bits per heavy atom. The second-order valence-corrected chi connectivity index (χ2v) is 9.58. The van der Waals surface area contributed by atoms with Crippen molar-refractivity contribution in [3.05, 3.63) is 65.7 Å². The Balaban J connectivity index is 2.15. The van der Waals surface area contributed by atoms with E-state index in [4.69, 9.17) is 18.6 Å². The quantitative estimate of drug-likeness (QED) is 0.282. The summed E-state index contributed by atoms with van der Waals surface area (Å²) in [6.45, 7) is 6.13. The lowest BCUT2D eigenvalue weighted by molar-refractivity contribution is -0.189. The monoisotopic (exact) mass is 463 g/mol. The van der Waals surface area contributed by atoms with E-state index >= 15 is 0 Å². The molecule has 0 saturated heterocycles. The molecule has 2 aromatic carbocycles. The molecule has 1 amide bonds. The van der Waals surface area contributed by atoms with Gasteiger partial charge in [0.15, 0.2) is 0 Å². The van der Waals surface area contributed by atoms with Crippen molar-refractivity contribution in [3.8, 4) is 5.75 Å². The molecule has 176 valence electrons. The highest BCUT2D eigenvalue weighted by Crippen LogP contribution is 2.55. The highest BCUT2D eigenvalue weighted by molar-refractivity contribution is 7.54. The first kappa shape index (κ1) is 26.1. The summed E-state index contributed by atoms with van der Waals surface area (Å²) in [5.41, 5.74) is 1.51. The number of carbonyl (C=O) groups excluding carboxylic acids is 1. The van der Waals surface area contributed by atoms with Gasteiger partial charge in [-0.05, 0) is 49.9 Å². The molecule has 8 heteroatoms. The molecule has 0 bridgehead atoms. The molecule has 0 heterocycles. The number of rotatable bonds is 14. The van der Waals surface area contributed by atoms with Crippen molar-refractivity contribution in [1.29, 1.82) is 0 Å². The summed E-state index contributed by atoms with van der Waals surface area (Å²) in [5, 5.41) is 1.32. The second kappa shape index (κ2) is 13.4. The van der Waals surface area contributed by atoms with Gasteiger partial charge in [0.05, 0.1) is 26.0 Å². The minimum Gasteiger partial charge on any atom is -0.497 e. The first-order valence-electron chi connectivity index (χ1n) is 10.9. The standard InChI is InChI=1S/C24H34NO6P/c1-5-30-32(27,31-6-2)24(18-21-12-14-23(28-4)15-13-21)16-17-25(20(3)26)29-19-22-10-8-7-9-11-22/h7-15,24H,5-6,16-19H2,1-4H3. The van der Waals surface area contributed by atoms with Crippen molar-refractivity contribution in [1.82, 2.24) is 5.06 Å². The Labute approximate surface area is 191 Å². The number of hydrogen-bond acceptors (Lipinski definition) is 6. The predicted octanol–water partition coefficient (Wildman–Crippen LogP) is 5.24. The van der Waals surface area contributed by atoms with Crippen molar-refractivity contribution in [2.75, 3.05) is 26.9 Å². The average molecular weight is 464 g/mol. The summed E-state index contributed by atoms with van der Waals surface area (Å²) in [5.74, 6) is 0.534. The lowest BCUT2D eigenvalue weighted by Gasteiger charge is -2.28. The largest absolute Gasteiger partial charge is 0.497 e. The highest BCUT2D eigenvalue weighted by Gasteiger charge is 2.36. The van der Waals surface area contributed by atoms with Crippen LogP contribution in [0.2, 0.25) is 0 Å². The Hall–Kier alpha value is -2.18. The van der Waals surface area contributed by atoms with Crippen molar-refractivity contribution in [2.24, 2.45) is 0 Å². The van der Waals surface area contributed by atoms with Crippen LogP contribution >= 0.6 is 7.60 Å². The Bertz CT molecular complexity index is 849. The molecule has 0 saturated carbocycles. The van der Waals surface area contributed by atoms with Crippen molar-refractivity contribution >= 4 is 13.5 Å². The number of nitrogens with zero attached hydrogens (tertiary/aromatic N) is 1. The number of carbonyl (C=O) groups is 1. The predicted molar refractivity (Wildman–Crippen MR) is 125 cm³/mol. The topological polar surface area (TPSA) is 74.3 Å². The number of ether oxygens (including phenoxy) is 1. The lowest BCUT2D eigenvalue weighted by atomic mass is 10.1. The van der Waals surface area contributed by atoms with Crippen LogP contribution in [0.4, 0.5) is 0 Å². The van der Waals surface area contributed by atoms with Crippen LogP contribution in [0.3, 0.4) is 0 Å². The summed E-state index contributed by atoms with van der Waals surface area (Å²) in [6, 6.07) is 17.2. The zero-order chi connectivity index (χ0) is 23.4. The number of methoxy groups -OCH3 is 1. The van der Waals surface area contributed by atoms with Gasteiger partial charge in [-0.25, -0.2) is 5.06 Å². The van der Waals surface area contributed by atoms with Crippen LogP contribution in [-0.2, 0) is 36.3 Å². The van der Waals surface area contributed by atoms with Gasteiger partial charge in [0.2, 0.25) is 5.91 Å². The second-order valence-electron chi connectivity index (χ2n) is 7.25. The summed E-state index contributed by atoms with van der Waals surface area (Å²) >= 11 is 0. The van der Waals surface area contributed by atoms with Gasteiger partial charge in [-0.1, -0.05) is 42.5 Å². The molecule has 0 spiro atoms. The molecule has 0 aliphatic heterocycles. The van der Waals surface area contributed by atoms with Gasteiger partial charge < -0.3 is 13.8 Å². The summed E-state index contributed by atoms with van der Waals surface area (Å²) < 4.78 is 30.1. The molecule has 0 radical (unpaired) electrons. The van der Waals surface area contributed by atoms with Gasteiger partial charge in [-0.15, -0.1) is 0 Å². The fraction of sp³-hybridized carbons (Fsp3) is 0.458. The van der Waals surface area contributed by atoms with E-state index in [0.29, 0.717) is 12.8 Å². The Morgan fingerprint density at radius 2 is 1.59 bits per heavy atom. The lowest BCUT2D eigenvalue weighted by Crippen LogP contribution is -2.32. The van der Waals surface area contributed by atoms with Gasteiger partial charge in [-0.3, -0.25) is 14.2 Å². The van der Waals surface area contributed by atoms with Crippen molar-refractivity contribution in [3.63, 3.8) is 0 Å². The van der Waals surface area contributed by atoms with Crippen LogP contribution < -0.4 is 4.74 Å². The number of benzene rings is 2. The molecule has 2 aromatic rings. The van der Waals surface area contributed by atoms with E-state index in [-0.39, 0.29) is 32.3 Å². The minimum atomic E-state index is -3.40. The molecule has 1 atom stereocenters. The van der Waals surface area contributed by atoms with Crippen molar-refractivity contribution < 1.29 is 28.0 Å². The van der Waals surface area contributed by atoms with E-state index in [1.807, 2.05) is 54.6 Å². The highest BCUT2D eigenvalue weighted by atomic mass is 31.2. The molecule has 0 aliphatic carbocycles. The molecule has 7 nitrogen and oxygen atoms in total. The first-order chi connectivity index (χ1) is 15.4. The molecule has 0 N–H and O–H groups in total. The van der Waals surface area contributed by atoms with Gasteiger partial charge in [0.1, 0.15) is 12.4 Å². The zero-order valence-electron chi connectivity index (χ0n) is 19.4. The van der Waals surface area contributed by atoms with Crippen LogP contribution in [0.5, 0.6) is 5.75 Å². The molecular weight excluding hydrogens is 429 g/mol. The van der Waals surface area contributed by atoms with E-state index < -0.39 is 13.3 Å². The summed E-state index contributed by atoms with van der Waals surface area (Å²) in [6.07, 6.45) is 0.878. The third-order valence-electron chi connectivity index (χ3n) is 4.94. The van der Waals surface area contributed by atoms with E-state index in [0.717, 1.165) is 16.9 Å². The van der Waals surface area contributed by atoms with Gasteiger partial charge in [0, 0.05) is 13.5 Å². The molecule has 0 aromatic heterocycles. The molecule has 2 rings (SSSR count). The SMILES string of the molecule is CCOP(=O)(OCC)C(CCN(OCc1ccccc1)C(C)=O)Cc1ccc(OC)cc1. The van der Waals surface area contributed by atoms with E-state index in [1.165, 1.54) is 12.0 Å². The molecular formula is C24H34NO6P. The number of hydrogen-bond donors (Lipinski definition) is 0. The van der Waals surface area contributed by atoms with Crippen molar-refractivity contribution in [2.45, 2.75) is 45.9 Å². The van der Waals surface area contributed by atoms with Crippen LogP contribution in [0.1, 0.15) is 38.3 Å². The van der Waals surface area contributed by atoms with Crippen LogP contribution in [-0.4, -0.2) is 43.5 Å². The number of amides is 1. The normalized spacial score (nSPS) is 12.4. The fourth-order valence-corrected chi connectivity index (χ4v) is 5.40. The average Bonchev–Trinajstić information content (AvgIpc) is 2.79. The molecule has 1 unspecified atom stereocenters. The van der Waals surface area contributed by atoms with E-state index in [9.17, 15) is 9.36 Å². The molecule has 32 heavy (non-hydrogen) atoms. The maximum absolute atomic E-state index is 13.6. The van der Waals surface area contributed by atoms with Crippen LogP contribution in [0.25, 0.3) is 0 Å². The van der Waals surface area contributed by atoms with Gasteiger partial charge >= 0.3 is 7.60 Å². The first-order valence-corrected chi connectivity index (χ1v) is 12.5. The summed E-state index contributed by atoms with van der Waals surface area (Å²) in [4.78, 5) is 17.9.